The second kappa shape index (κ2) is 5.70. The van der Waals surface area contributed by atoms with Crippen LogP contribution in [-0.2, 0) is 4.79 Å². The molecule has 1 atom stereocenters. The molecule has 0 aliphatic heterocycles. The third kappa shape index (κ3) is 3.38. The van der Waals surface area contributed by atoms with Crippen LogP contribution in [0, 0.1) is 5.82 Å². The van der Waals surface area contributed by atoms with Crippen molar-refractivity contribution in [2.24, 2.45) is 0 Å². The van der Waals surface area contributed by atoms with E-state index in [-0.39, 0.29) is 17.0 Å². The fourth-order valence-corrected chi connectivity index (χ4v) is 1.41. The second-order valence-corrected chi connectivity index (χ2v) is 3.80. The van der Waals surface area contributed by atoms with Crippen LogP contribution in [0.15, 0.2) is 18.2 Å². The first-order chi connectivity index (χ1) is 7.54. The highest BCUT2D eigenvalue weighted by Crippen LogP contribution is 2.19. The number of hydrogen-bond acceptors (Lipinski definition) is 2. The summed E-state index contributed by atoms with van der Waals surface area (Å²) in [7, 11) is 0. The van der Waals surface area contributed by atoms with Crippen LogP contribution in [0.2, 0.25) is 5.02 Å². The smallest absolute Gasteiger partial charge is 0.242 e. The SMILES string of the molecule is CCNC(=O)C(C)Nc1ccc(F)c(Cl)c1. The van der Waals surface area contributed by atoms with E-state index in [2.05, 4.69) is 10.6 Å². The molecule has 1 amide bonds. The van der Waals surface area contributed by atoms with Gasteiger partial charge in [-0.1, -0.05) is 11.6 Å². The highest BCUT2D eigenvalue weighted by molar-refractivity contribution is 6.31. The number of anilines is 1. The molecule has 0 heterocycles. The third-order valence-corrected chi connectivity index (χ3v) is 2.34. The summed E-state index contributed by atoms with van der Waals surface area (Å²) < 4.78 is 12.9. The molecule has 2 N–H and O–H groups in total. The lowest BCUT2D eigenvalue weighted by Crippen LogP contribution is -2.37. The highest BCUT2D eigenvalue weighted by Gasteiger charge is 2.11. The first kappa shape index (κ1) is 12.8. The van der Waals surface area contributed by atoms with Crippen molar-refractivity contribution in [3.63, 3.8) is 0 Å². The standard InChI is InChI=1S/C11H14ClFN2O/c1-3-14-11(16)7(2)15-8-4-5-10(13)9(12)6-8/h4-7,15H,3H2,1-2H3,(H,14,16). The number of carbonyl (C=O) groups is 1. The van der Waals surface area contributed by atoms with Gasteiger partial charge in [0.15, 0.2) is 0 Å². The molecule has 88 valence electrons. The molecule has 0 saturated heterocycles. The van der Waals surface area contributed by atoms with E-state index in [1.165, 1.54) is 18.2 Å². The van der Waals surface area contributed by atoms with Gasteiger partial charge in [0.25, 0.3) is 0 Å². The van der Waals surface area contributed by atoms with Gasteiger partial charge in [0.1, 0.15) is 11.9 Å². The zero-order valence-corrected chi connectivity index (χ0v) is 9.94. The van der Waals surface area contributed by atoms with Gasteiger partial charge in [-0.2, -0.15) is 0 Å². The molecule has 5 heteroatoms. The molecule has 0 spiro atoms. The minimum absolute atomic E-state index is 0.0353. The first-order valence-corrected chi connectivity index (χ1v) is 5.41. The van der Waals surface area contributed by atoms with Gasteiger partial charge >= 0.3 is 0 Å². The molecule has 16 heavy (non-hydrogen) atoms. The number of rotatable bonds is 4. The maximum absolute atomic E-state index is 12.9. The van der Waals surface area contributed by atoms with Crippen molar-refractivity contribution >= 4 is 23.2 Å². The Morgan fingerprint density at radius 3 is 2.81 bits per heavy atom. The van der Waals surface area contributed by atoms with E-state index in [0.29, 0.717) is 12.2 Å². The Morgan fingerprint density at radius 1 is 1.56 bits per heavy atom. The van der Waals surface area contributed by atoms with E-state index in [1.807, 2.05) is 6.92 Å². The van der Waals surface area contributed by atoms with Gasteiger partial charge in [0.2, 0.25) is 5.91 Å². The molecule has 0 fully saturated rings. The Morgan fingerprint density at radius 2 is 2.25 bits per heavy atom. The van der Waals surface area contributed by atoms with Crippen molar-refractivity contribution in [2.45, 2.75) is 19.9 Å². The summed E-state index contributed by atoms with van der Waals surface area (Å²) >= 11 is 5.62. The zero-order valence-electron chi connectivity index (χ0n) is 9.18. The van der Waals surface area contributed by atoms with Crippen molar-refractivity contribution in [1.82, 2.24) is 5.32 Å². The number of hydrogen-bond donors (Lipinski definition) is 2. The van der Waals surface area contributed by atoms with Gasteiger partial charge < -0.3 is 10.6 Å². The van der Waals surface area contributed by atoms with Gasteiger partial charge in [0, 0.05) is 12.2 Å². The van der Waals surface area contributed by atoms with E-state index in [0.717, 1.165) is 0 Å². The Balaban J connectivity index is 2.66. The molecule has 0 aliphatic rings. The summed E-state index contributed by atoms with van der Waals surface area (Å²) in [6, 6.07) is 3.86. The maximum Gasteiger partial charge on any atom is 0.242 e. The highest BCUT2D eigenvalue weighted by atomic mass is 35.5. The average molecular weight is 245 g/mol. The fourth-order valence-electron chi connectivity index (χ4n) is 1.23. The van der Waals surface area contributed by atoms with Crippen molar-refractivity contribution < 1.29 is 9.18 Å². The summed E-state index contributed by atoms with van der Waals surface area (Å²) in [6.07, 6.45) is 0. The normalized spacial score (nSPS) is 12.0. The van der Waals surface area contributed by atoms with E-state index in [1.54, 1.807) is 6.92 Å². The molecular weight excluding hydrogens is 231 g/mol. The quantitative estimate of drug-likeness (QED) is 0.854. The number of benzene rings is 1. The van der Waals surface area contributed by atoms with Gasteiger partial charge in [-0.3, -0.25) is 4.79 Å². The Bertz CT molecular complexity index is 384. The van der Waals surface area contributed by atoms with Crippen LogP contribution in [0.4, 0.5) is 10.1 Å². The van der Waals surface area contributed by atoms with Crippen molar-refractivity contribution in [3.8, 4) is 0 Å². The molecule has 1 unspecified atom stereocenters. The van der Waals surface area contributed by atoms with Crippen LogP contribution < -0.4 is 10.6 Å². The molecular formula is C11H14ClFN2O. The Labute approximate surface area is 99.0 Å². The van der Waals surface area contributed by atoms with Crippen LogP contribution in [0.25, 0.3) is 0 Å². The minimum Gasteiger partial charge on any atom is -0.374 e. The zero-order chi connectivity index (χ0) is 12.1. The molecule has 0 aromatic heterocycles. The first-order valence-electron chi connectivity index (χ1n) is 5.04. The summed E-state index contributed by atoms with van der Waals surface area (Å²) in [5, 5.41) is 5.65. The summed E-state index contributed by atoms with van der Waals surface area (Å²) in [5.74, 6) is -0.583. The Kier molecular flexibility index (Phi) is 4.55. The molecule has 0 radical (unpaired) electrons. The van der Waals surface area contributed by atoms with Gasteiger partial charge in [0.05, 0.1) is 5.02 Å². The lowest BCUT2D eigenvalue weighted by atomic mass is 10.2. The minimum atomic E-state index is -0.474. The average Bonchev–Trinajstić information content (AvgIpc) is 2.24. The van der Waals surface area contributed by atoms with Crippen LogP contribution in [0.5, 0.6) is 0 Å². The summed E-state index contributed by atoms with van der Waals surface area (Å²) in [4.78, 5) is 11.4. The van der Waals surface area contributed by atoms with Gasteiger partial charge in [-0.15, -0.1) is 0 Å². The summed E-state index contributed by atoms with van der Waals surface area (Å²) in [6.45, 7) is 4.15. The van der Waals surface area contributed by atoms with Crippen molar-refractivity contribution in [2.75, 3.05) is 11.9 Å². The van der Waals surface area contributed by atoms with E-state index >= 15 is 0 Å². The van der Waals surface area contributed by atoms with Gasteiger partial charge in [-0.25, -0.2) is 4.39 Å². The topological polar surface area (TPSA) is 41.1 Å². The van der Waals surface area contributed by atoms with Crippen molar-refractivity contribution in [1.29, 1.82) is 0 Å². The lowest BCUT2D eigenvalue weighted by molar-refractivity contribution is -0.121. The Hall–Kier alpha value is -1.29. The summed E-state index contributed by atoms with van der Waals surface area (Å²) in [5.41, 5.74) is 0.616. The predicted octanol–water partition coefficient (Wildman–Crippen LogP) is 2.42. The molecule has 1 rings (SSSR count). The fraction of sp³-hybridized carbons (Fsp3) is 0.364. The maximum atomic E-state index is 12.9. The molecule has 0 aliphatic carbocycles. The number of carbonyl (C=O) groups excluding carboxylic acids is 1. The monoisotopic (exact) mass is 244 g/mol. The van der Waals surface area contributed by atoms with Gasteiger partial charge in [-0.05, 0) is 32.0 Å². The van der Waals surface area contributed by atoms with Crippen LogP contribution in [0.1, 0.15) is 13.8 Å². The van der Waals surface area contributed by atoms with Crippen LogP contribution in [0.3, 0.4) is 0 Å². The third-order valence-electron chi connectivity index (χ3n) is 2.05. The number of likely N-dealkylation sites (N-methyl/N-ethyl adjacent to an activating group) is 1. The van der Waals surface area contributed by atoms with E-state index in [9.17, 15) is 9.18 Å². The second-order valence-electron chi connectivity index (χ2n) is 3.39. The van der Waals surface area contributed by atoms with Crippen LogP contribution in [-0.4, -0.2) is 18.5 Å². The molecule has 3 nitrogen and oxygen atoms in total. The van der Waals surface area contributed by atoms with E-state index < -0.39 is 5.82 Å². The van der Waals surface area contributed by atoms with E-state index in [4.69, 9.17) is 11.6 Å². The predicted molar refractivity (Wildman–Crippen MR) is 63.2 cm³/mol. The largest absolute Gasteiger partial charge is 0.374 e. The molecule has 1 aromatic rings. The number of nitrogens with one attached hydrogen (secondary N) is 2. The molecule has 0 bridgehead atoms. The lowest BCUT2D eigenvalue weighted by Gasteiger charge is -2.14. The molecule has 0 saturated carbocycles. The molecule has 1 aromatic carbocycles. The van der Waals surface area contributed by atoms with Crippen LogP contribution >= 0.6 is 11.6 Å². The number of amides is 1. The van der Waals surface area contributed by atoms with Crippen molar-refractivity contribution in [3.05, 3.63) is 29.0 Å². The number of halogens is 2.